The highest BCUT2D eigenvalue weighted by atomic mass is 16.5. The number of benzene rings is 1. The summed E-state index contributed by atoms with van der Waals surface area (Å²) in [5.41, 5.74) is 1.48. The van der Waals surface area contributed by atoms with Gasteiger partial charge in [0.1, 0.15) is 0 Å². The topological polar surface area (TPSA) is 64.6 Å². The van der Waals surface area contributed by atoms with Crippen molar-refractivity contribution in [3.63, 3.8) is 0 Å². The van der Waals surface area contributed by atoms with Gasteiger partial charge < -0.3 is 14.8 Å². The Morgan fingerprint density at radius 2 is 2.06 bits per heavy atom. The van der Waals surface area contributed by atoms with Crippen LogP contribution in [0.4, 0.5) is 0 Å². The maximum absolute atomic E-state index is 11.9. The van der Waals surface area contributed by atoms with Gasteiger partial charge >= 0.3 is 5.97 Å². The van der Waals surface area contributed by atoms with Crippen LogP contribution in [0.1, 0.15) is 15.9 Å². The lowest BCUT2D eigenvalue weighted by atomic mass is 10.1. The van der Waals surface area contributed by atoms with E-state index in [4.69, 9.17) is 4.74 Å². The number of amides is 1. The first-order valence-electron chi connectivity index (χ1n) is 5.52. The molecule has 1 atom stereocenters. The summed E-state index contributed by atoms with van der Waals surface area (Å²) in [6.07, 6.45) is 0. The van der Waals surface area contributed by atoms with Crippen LogP contribution in [0, 0.1) is 6.92 Å². The van der Waals surface area contributed by atoms with Crippen LogP contribution in [0.5, 0.6) is 0 Å². The third kappa shape index (κ3) is 3.85. The number of ether oxygens (including phenoxy) is 2. The largest absolute Gasteiger partial charge is 0.467 e. The van der Waals surface area contributed by atoms with Crippen LogP contribution in [-0.4, -0.2) is 38.7 Å². The summed E-state index contributed by atoms with van der Waals surface area (Å²) < 4.78 is 9.46. The molecule has 0 aliphatic rings. The van der Waals surface area contributed by atoms with Gasteiger partial charge in [-0.05, 0) is 19.1 Å². The van der Waals surface area contributed by atoms with Crippen molar-refractivity contribution in [3.05, 3.63) is 35.4 Å². The maximum atomic E-state index is 11.9. The summed E-state index contributed by atoms with van der Waals surface area (Å²) in [6, 6.07) is 6.31. The maximum Gasteiger partial charge on any atom is 0.330 e. The number of hydrogen-bond donors (Lipinski definition) is 1. The van der Waals surface area contributed by atoms with E-state index in [1.165, 1.54) is 14.2 Å². The molecule has 5 heteroatoms. The molecule has 0 aromatic heterocycles. The quantitative estimate of drug-likeness (QED) is 0.790. The van der Waals surface area contributed by atoms with E-state index in [9.17, 15) is 9.59 Å². The molecule has 0 heterocycles. The molecule has 0 spiro atoms. The molecular weight excluding hydrogens is 234 g/mol. The van der Waals surface area contributed by atoms with E-state index in [0.717, 1.165) is 5.56 Å². The Morgan fingerprint density at radius 1 is 1.33 bits per heavy atom. The molecule has 98 valence electrons. The second kappa shape index (κ2) is 6.76. The molecule has 0 bridgehead atoms. The van der Waals surface area contributed by atoms with E-state index in [2.05, 4.69) is 10.1 Å². The number of methoxy groups -OCH3 is 2. The minimum atomic E-state index is -0.798. The standard InChI is InChI=1S/C13H17NO4/c1-9-5-4-6-10(7-9)12(15)14-11(8-17-2)13(16)18-3/h4-7,11H,8H2,1-3H3,(H,14,15)/t11-/m0/s1. The van der Waals surface area contributed by atoms with Gasteiger partial charge in [0.2, 0.25) is 0 Å². The molecule has 0 unspecified atom stereocenters. The second-order valence-corrected chi connectivity index (χ2v) is 3.87. The molecule has 1 rings (SSSR count). The first kappa shape index (κ1) is 14.2. The Bertz CT molecular complexity index is 431. The highest BCUT2D eigenvalue weighted by Crippen LogP contribution is 2.04. The molecule has 0 fully saturated rings. The molecule has 0 aliphatic heterocycles. The average molecular weight is 251 g/mol. The van der Waals surface area contributed by atoms with Gasteiger partial charge in [0.15, 0.2) is 6.04 Å². The SMILES string of the molecule is COC[C@H](NC(=O)c1cccc(C)c1)C(=O)OC. The third-order valence-electron chi connectivity index (χ3n) is 2.40. The van der Waals surface area contributed by atoms with Gasteiger partial charge in [-0.1, -0.05) is 17.7 Å². The summed E-state index contributed by atoms with van der Waals surface area (Å²) in [5, 5.41) is 2.57. The van der Waals surface area contributed by atoms with Crippen LogP contribution < -0.4 is 5.32 Å². The number of carbonyl (C=O) groups excluding carboxylic acids is 2. The summed E-state index contributed by atoms with van der Waals surface area (Å²) in [4.78, 5) is 23.3. The smallest absolute Gasteiger partial charge is 0.330 e. The molecular formula is C13H17NO4. The Morgan fingerprint density at radius 3 is 2.61 bits per heavy atom. The minimum absolute atomic E-state index is 0.0736. The van der Waals surface area contributed by atoms with Crippen LogP contribution in [0.2, 0.25) is 0 Å². The number of carbonyl (C=O) groups is 2. The zero-order valence-electron chi connectivity index (χ0n) is 10.7. The van der Waals surface area contributed by atoms with Crippen LogP contribution >= 0.6 is 0 Å². The number of hydrogen-bond acceptors (Lipinski definition) is 4. The van der Waals surface area contributed by atoms with E-state index in [0.29, 0.717) is 5.56 Å². The summed E-state index contributed by atoms with van der Waals surface area (Å²) in [7, 11) is 2.72. The van der Waals surface area contributed by atoms with E-state index < -0.39 is 12.0 Å². The number of esters is 1. The molecule has 5 nitrogen and oxygen atoms in total. The molecule has 1 N–H and O–H groups in total. The van der Waals surface area contributed by atoms with Crippen molar-refractivity contribution >= 4 is 11.9 Å². The normalized spacial score (nSPS) is 11.7. The van der Waals surface area contributed by atoms with Crippen molar-refractivity contribution in [2.24, 2.45) is 0 Å². The van der Waals surface area contributed by atoms with Crippen molar-refractivity contribution in [2.45, 2.75) is 13.0 Å². The van der Waals surface area contributed by atoms with Crippen molar-refractivity contribution < 1.29 is 19.1 Å². The molecule has 1 amide bonds. The Kier molecular flexibility index (Phi) is 5.32. The molecule has 0 aliphatic carbocycles. The zero-order chi connectivity index (χ0) is 13.5. The summed E-state index contributed by atoms with van der Waals surface area (Å²) >= 11 is 0. The fourth-order valence-corrected chi connectivity index (χ4v) is 1.51. The van der Waals surface area contributed by atoms with Gasteiger partial charge in [-0.2, -0.15) is 0 Å². The van der Waals surface area contributed by atoms with E-state index in [1.54, 1.807) is 18.2 Å². The van der Waals surface area contributed by atoms with Gasteiger partial charge in [-0.15, -0.1) is 0 Å². The molecule has 18 heavy (non-hydrogen) atoms. The Hall–Kier alpha value is -1.88. The van der Waals surface area contributed by atoms with Crippen molar-refractivity contribution in [2.75, 3.05) is 20.8 Å². The predicted octanol–water partition coefficient (Wildman–Crippen LogP) is 0.913. The van der Waals surface area contributed by atoms with Gasteiger partial charge in [0, 0.05) is 12.7 Å². The first-order valence-corrected chi connectivity index (χ1v) is 5.52. The lowest BCUT2D eigenvalue weighted by Gasteiger charge is -2.15. The fourth-order valence-electron chi connectivity index (χ4n) is 1.51. The zero-order valence-corrected chi connectivity index (χ0v) is 10.7. The summed E-state index contributed by atoms with van der Waals surface area (Å²) in [5.74, 6) is -0.857. The summed E-state index contributed by atoms with van der Waals surface area (Å²) in [6.45, 7) is 1.97. The number of rotatable bonds is 5. The van der Waals surface area contributed by atoms with E-state index >= 15 is 0 Å². The predicted molar refractivity (Wildman–Crippen MR) is 66.3 cm³/mol. The van der Waals surface area contributed by atoms with Crippen LogP contribution in [-0.2, 0) is 14.3 Å². The van der Waals surface area contributed by atoms with Crippen molar-refractivity contribution in [3.8, 4) is 0 Å². The van der Waals surface area contributed by atoms with E-state index in [-0.39, 0.29) is 12.5 Å². The van der Waals surface area contributed by atoms with E-state index in [1.807, 2.05) is 13.0 Å². The number of nitrogens with one attached hydrogen (secondary N) is 1. The highest BCUT2D eigenvalue weighted by Gasteiger charge is 2.21. The minimum Gasteiger partial charge on any atom is -0.467 e. The Balaban J connectivity index is 2.75. The van der Waals surface area contributed by atoms with Crippen molar-refractivity contribution in [1.29, 1.82) is 0 Å². The van der Waals surface area contributed by atoms with Crippen LogP contribution in [0.15, 0.2) is 24.3 Å². The van der Waals surface area contributed by atoms with Crippen LogP contribution in [0.25, 0.3) is 0 Å². The highest BCUT2D eigenvalue weighted by molar-refractivity contribution is 5.96. The lowest BCUT2D eigenvalue weighted by molar-refractivity contribution is -0.144. The first-order chi connectivity index (χ1) is 8.58. The lowest BCUT2D eigenvalue weighted by Crippen LogP contribution is -2.44. The number of aryl methyl sites for hydroxylation is 1. The third-order valence-corrected chi connectivity index (χ3v) is 2.40. The second-order valence-electron chi connectivity index (χ2n) is 3.87. The van der Waals surface area contributed by atoms with Gasteiger partial charge in [0.05, 0.1) is 13.7 Å². The van der Waals surface area contributed by atoms with Gasteiger partial charge in [-0.3, -0.25) is 4.79 Å². The van der Waals surface area contributed by atoms with Gasteiger partial charge in [-0.25, -0.2) is 4.79 Å². The molecule has 1 aromatic rings. The monoisotopic (exact) mass is 251 g/mol. The van der Waals surface area contributed by atoms with Gasteiger partial charge in [0.25, 0.3) is 5.91 Å². The fraction of sp³-hybridized carbons (Fsp3) is 0.385. The Labute approximate surface area is 106 Å². The molecule has 0 radical (unpaired) electrons. The average Bonchev–Trinajstić information content (AvgIpc) is 2.37. The van der Waals surface area contributed by atoms with Crippen molar-refractivity contribution in [1.82, 2.24) is 5.32 Å². The van der Waals surface area contributed by atoms with Crippen LogP contribution in [0.3, 0.4) is 0 Å². The molecule has 0 saturated carbocycles. The molecule has 0 saturated heterocycles. The molecule has 1 aromatic carbocycles.